The van der Waals surface area contributed by atoms with Crippen LogP contribution in [0.2, 0.25) is 5.02 Å². The molecular weight excluding hydrogens is 350 g/mol. The largest absolute Gasteiger partial charge is 0.466 e. The summed E-state index contributed by atoms with van der Waals surface area (Å²) in [6.45, 7) is 0.180. The zero-order valence-electron chi connectivity index (χ0n) is 14.7. The summed E-state index contributed by atoms with van der Waals surface area (Å²) in [4.78, 5) is 13.2. The maximum atomic E-state index is 13.2. The van der Waals surface area contributed by atoms with Gasteiger partial charge in [0, 0.05) is 5.02 Å². The molecule has 2 fully saturated rings. The standard InChI is InChI=1S/C21H24ClNO3/c22-17-9-7-15(8-10-17)20(11-1-2-12-20)19(24)23-14-21(25,16-5-6-16)18-4-3-13-26-18/h3-4,7-10,13,16,25H,1-2,5-6,11-12,14H2,(H,23,24)/t21-/m0/s1. The van der Waals surface area contributed by atoms with Crippen molar-refractivity contribution in [3.8, 4) is 0 Å². The highest BCUT2D eigenvalue weighted by molar-refractivity contribution is 6.30. The molecule has 138 valence electrons. The second kappa shape index (κ2) is 6.75. The molecule has 26 heavy (non-hydrogen) atoms. The van der Waals surface area contributed by atoms with Crippen LogP contribution < -0.4 is 5.32 Å². The van der Waals surface area contributed by atoms with E-state index in [2.05, 4.69) is 5.32 Å². The second-order valence-corrected chi connectivity index (χ2v) is 8.09. The number of furan rings is 1. The van der Waals surface area contributed by atoms with Gasteiger partial charge in [-0.15, -0.1) is 0 Å². The van der Waals surface area contributed by atoms with E-state index in [1.165, 1.54) is 0 Å². The van der Waals surface area contributed by atoms with Gasteiger partial charge in [0.1, 0.15) is 11.4 Å². The van der Waals surface area contributed by atoms with Crippen LogP contribution in [0.25, 0.3) is 0 Å². The fourth-order valence-electron chi connectivity index (χ4n) is 4.30. The minimum atomic E-state index is -1.13. The molecule has 1 aromatic carbocycles. The number of aliphatic hydroxyl groups is 1. The van der Waals surface area contributed by atoms with Crippen molar-refractivity contribution in [2.24, 2.45) is 5.92 Å². The van der Waals surface area contributed by atoms with Crippen LogP contribution >= 0.6 is 11.6 Å². The van der Waals surface area contributed by atoms with E-state index in [9.17, 15) is 9.90 Å². The summed E-state index contributed by atoms with van der Waals surface area (Å²) in [6, 6.07) is 11.1. The maximum Gasteiger partial charge on any atom is 0.230 e. The molecule has 4 nitrogen and oxygen atoms in total. The third-order valence-corrected chi connectivity index (χ3v) is 6.26. The first-order valence-corrected chi connectivity index (χ1v) is 9.73. The normalized spacial score (nSPS) is 21.3. The number of carbonyl (C=O) groups is 1. The topological polar surface area (TPSA) is 62.5 Å². The van der Waals surface area contributed by atoms with Crippen LogP contribution in [-0.2, 0) is 15.8 Å². The molecule has 0 bridgehead atoms. The molecule has 2 aromatic rings. The lowest BCUT2D eigenvalue weighted by Gasteiger charge is -2.32. The average molecular weight is 374 g/mol. The Hall–Kier alpha value is -1.78. The molecule has 5 heteroatoms. The van der Waals surface area contributed by atoms with E-state index in [-0.39, 0.29) is 18.4 Å². The van der Waals surface area contributed by atoms with Crippen molar-refractivity contribution in [1.82, 2.24) is 5.32 Å². The molecule has 2 aliphatic carbocycles. The van der Waals surface area contributed by atoms with Crippen LogP contribution in [0, 0.1) is 5.92 Å². The van der Waals surface area contributed by atoms with Crippen molar-refractivity contribution < 1.29 is 14.3 Å². The molecule has 4 rings (SSSR count). The van der Waals surface area contributed by atoms with Gasteiger partial charge in [0.05, 0.1) is 18.2 Å². The van der Waals surface area contributed by atoms with Gasteiger partial charge in [-0.05, 0) is 61.4 Å². The SMILES string of the molecule is O=C(NC[C@@](O)(c1ccco1)C1CC1)C1(c2ccc(Cl)cc2)CCCC1. The number of nitrogens with one attached hydrogen (secondary N) is 1. The predicted molar refractivity (Wildman–Crippen MR) is 99.9 cm³/mol. The summed E-state index contributed by atoms with van der Waals surface area (Å²) in [7, 11) is 0. The number of hydrogen-bond acceptors (Lipinski definition) is 3. The molecule has 2 aliphatic rings. The van der Waals surface area contributed by atoms with Crippen molar-refractivity contribution in [3.05, 3.63) is 59.0 Å². The Labute approximate surface area is 158 Å². The fraction of sp³-hybridized carbons (Fsp3) is 0.476. The first-order valence-electron chi connectivity index (χ1n) is 9.35. The molecule has 0 unspecified atom stereocenters. The number of hydrogen-bond donors (Lipinski definition) is 2. The molecule has 2 saturated carbocycles. The Bertz CT molecular complexity index is 761. The van der Waals surface area contributed by atoms with E-state index in [0.29, 0.717) is 10.8 Å². The molecule has 0 aliphatic heterocycles. The Morgan fingerprint density at radius 1 is 1.23 bits per heavy atom. The zero-order valence-corrected chi connectivity index (χ0v) is 15.5. The molecule has 0 spiro atoms. The lowest BCUT2D eigenvalue weighted by molar-refractivity contribution is -0.128. The van der Waals surface area contributed by atoms with Gasteiger partial charge in [-0.25, -0.2) is 0 Å². The summed E-state index contributed by atoms with van der Waals surface area (Å²) in [5.41, 5.74) is -0.651. The lowest BCUT2D eigenvalue weighted by atomic mass is 9.77. The summed E-state index contributed by atoms with van der Waals surface area (Å²) in [5.74, 6) is 0.666. The van der Waals surface area contributed by atoms with Crippen molar-refractivity contribution in [1.29, 1.82) is 0 Å². The summed E-state index contributed by atoms with van der Waals surface area (Å²) in [5, 5.41) is 14.9. The second-order valence-electron chi connectivity index (χ2n) is 7.65. The number of benzene rings is 1. The quantitative estimate of drug-likeness (QED) is 0.799. The first kappa shape index (κ1) is 17.6. The van der Waals surface area contributed by atoms with Crippen LogP contribution in [-0.4, -0.2) is 17.6 Å². The van der Waals surface area contributed by atoms with E-state index in [1.807, 2.05) is 24.3 Å². The highest BCUT2D eigenvalue weighted by Gasteiger charge is 2.49. The van der Waals surface area contributed by atoms with E-state index >= 15 is 0 Å². The van der Waals surface area contributed by atoms with Crippen LogP contribution in [0.4, 0.5) is 0 Å². The van der Waals surface area contributed by atoms with Crippen molar-refractivity contribution >= 4 is 17.5 Å². The molecule has 1 atom stereocenters. The van der Waals surface area contributed by atoms with Gasteiger partial charge in [-0.1, -0.05) is 36.6 Å². The molecular formula is C21H24ClNO3. The van der Waals surface area contributed by atoms with Gasteiger partial charge in [-0.3, -0.25) is 4.79 Å². The highest BCUT2D eigenvalue weighted by Crippen LogP contribution is 2.46. The smallest absolute Gasteiger partial charge is 0.230 e. The monoisotopic (exact) mass is 373 g/mol. The number of halogens is 1. The molecule has 0 radical (unpaired) electrons. The third-order valence-electron chi connectivity index (χ3n) is 6.01. The third kappa shape index (κ3) is 3.06. The number of amides is 1. The van der Waals surface area contributed by atoms with Crippen LogP contribution in [0.1, 0.15) is 49.8 Å². The van der Waals surface area contributed by atoms with E-state index < -0.39 is 11.0 Å². The van der Waals surface area contributed by atoms with Crippen LogP contribution in [0.5, 0.6) is 0 Å². The number of rotatable bonds is 6. The predicted octanol–water partition coefficient (Wildman–Crippen LogP) is 4.16. The Kier molecular flexibility index (Phi) is 4.57. The van der Waals surface area contributed by atoms with Gasteiger partial charge in [-0.2, -0.15) is 0 Å². The van der Waals surface area contributed by atoms with Crippen LogP contribution in [0.15, 0.2) is 47.1 Å². The molecule has 0 saturated heterocycles. The van der Waals surface area contributed by atoms with Crippen molar-refractivity contribution in [2.45, 2.75) is 49.5 Å². The molecule has 1 heterocycles. The molecule has 1 aromatic heterocycles. The van der Waals surface area contributed by atoms with E-state index in [0.717, 1.165) is 44.1 Å². The van der Waals surface area contributed by atoms with Crippen LogP contribution in [0.3, 0.4) is 0 Å². The Morgan fingerprint density at radius 3 is 2.50 bits per heavy atom. The van der Waals surface area contributed by atoms with Gasteiger partial charge >= 0.3 is 0 Å². The molecule has 2 N–H and O–H groups in total. The van der Waals surface area contributed by atoms with Crippen molar-refractivity contribution in [3.63, 3.8) is 0 Å². The van der Waals surface area contributed by atoms with Gasteiger partial charge in [0.15, 0.2) is 0 Å². The maximum absolute atomic E-state index is 13.2. The average Bonchev–Trinajstić information content (AvgIpc) is 3.15. The highest BCUT2D eigenvalue weighted by atomic mass is 35.5. The minimum absolute atomic E-state index is 0.0112. The van der Waals surface area contributed by atoms with Gasteiger partial charge < -0.3 is 14.8 Å². The van der Waals surface area contributed by atoms with E-state index in [4.69, 9.17) is 16.0 Å². The summed E-state index contributed by atoms with van der Waals surface area (Å²) in [6.07, 6.45) is 7.18. The Balaban J connectivity index is 1.55. The summed E-state index contributed by atoms with van der Waals surface area (Å²) >= 11 is 6.02. The van der Waals surface area contributed by atoms with Gasteiger partial charge in [0.2, 0.25) is 5.91 Å². The first-order chi connectivity index (χ1) is 12.5. The fourth-order valence-corrected chi connectivity index (χ4v) is 4.42. The minimum Gasteiger partial charge on any atom is -0.466 e. The lowest BCUT2D eigenvalue weighted by Crippen LogP contribution is -2.49. The van der Waals surface area contributed by atoms with E-state index in [1.54, 1.807) is 18.4 Å². The zero-order chi connectivity index (χ0) is 18.2. The number of carbonyl (C=O) groups excluding carboxylic acids is 1. The Morgan fingerprint density at radius 2 is 1.92 bits per heavy atom. The molecule has 1 amide bonds. The van der Waals surface area contributed by atoms with Gasteiger partial charge in [0.25, 0.3) is 0 Å². The van der Waals surface area contributed by atoms with Crippen molar-refractivity contribution in [2.75, 3.05) is 6.54 Å². The summed E-state index contributed by atoms with van der Waals surface area (Å²) < 4.78 is 5.46.